The Kier molecular flexibility index (Phi) is 5.78. The van der Waals surface area contributed by atoms with Crippen molar-refractivity contribution in [3.05, 3.63) is 23.3 Å². The third kappa shape index (κ3) is 2.81. The summed E-state index contributed by atoms with van der Waals surface area (Å²) in [4.78, 5) is 0. The molecule has 0 unspecified atom stereocenters. The maximum absolute atomic E-state index is 5.61. The fraction of sp³-hybridized carbons (Fsp3) is 0.0769. The zero-order valence-electron chi connectivity index (χ0n) is 11.6. The lowest BCUT2D eigenvalue weighted by atomic mass is 10.0. The summed E-state index contributed by atoms with van der Waals surface area (Å²) in [5, 5.41) is 0. The second kappa shape index (κ2) is 7.70. The molecule has 0 fully saturated rings. The van der Waals surface area contributed by atoms with Gasteiger partial charge in [0.15, 0.2) is 17.2 Å². The van der Waals surface area contributed by atoms with E-state index in [0.717, 1.165) is 5.56 Å². The van der Waals surface area contributed by atoms with Crippen LogP contribution in [0.2, 0.25) is 0 Å². The van der Waals surface area contributed by atoms with Crippen LogP contribution in [0, 0.1) is 0 Å². The van der Waals surface area contributed by atoms with Crippen molar-refractivity contribution in [2.75, 3.05) is 0 Å². The average molecular weight is 469 g/mol. The fourth-order valence-corrected chi connectivity index (χ4v) is 3.65. The van der Waals surface area contributed by atoms with Crippen molar-refractivity contribution >= 4 is 71.2 Å². The fourth-order valence-electron chi connectivity index (χ4n) is 2.79. The Morgan fingerprint density at radius 3 is 1.64 bits per heavy atom. The Morgan fingerprint density at radius 1 is 0.560 bits per heavy atom. The van der Waals surface area contributed by atoms with Crippen molar-refractivity contribution in [1.29, 1.82) is 0 Å². The monoisotopic (exact) mass is 466 g/mol. The molecule has 0 N–H and O–H groups in total. The standard InChI is InChI=1S/C13H4Cl6O6/c14-20-6-2-1-4-3-5-8(7(4)10(6)22-16)11(23-17)13(25-19)12(24-18)9(5)21-15/h1-2H,3H2. The van der Waals surface area contributed by atoms with E-state index in [-0.39, 0.29) is 34.5 Å². The highest BCUT2D eigenvalue weighted by Crippen LogP contribution is 2.61. The molecule has 2 aromatic carbocycles. The van der Waals surface area contributed by atoms with Crippen LogP contribution < -0.4 is 25.7 Å². The van der Waals surface area contributed by atoms with Gasteiger partial charge in [-0.1, -0.05) is 6.07 Å². The molecule has 0 aromatic heterocycles. The molecule has 12 heteroatoms. The van der Waals surface area contributed by atoms with Crippen LogP contribution in [0.4, 0.5) is 0 Å². The first-order valence-electron chi connectivity index (χ1n) is 6.27. The predicted molar refractivity (Wildman–Crippen MR) is 93.6 cm³/mol. The van der Waals surface area contributed by atoms with Gasteiger partial charge in [0.25, 0.3) is 0 Å². The summed E-state index contributed by atoms with van der Waals surface area (Å²) in [6, 6.07) is 3.29. The van der Waals surface area contributed by atoms with Crippen molar-refractivity contribution in [3.63, 3.8) is 0 Å². The molecule has 0 bridgehead atoms. The maximum atomic E-state index is 5.61. The van der Waals surface area contributed by atoms with Crippen LogP contribution in [0.3, 0.4) is 0 Å². The second-order valence-electron chi connectivity index (χ2n) is 4.74. The molecular weight excluding hydrogens is 465 g/mol. The van der Waals surface area contributed by atoms with E-state index in [1.807, 2.05) is 0 Å². The van der Waals surface area contributed by atoms with Gasteiger partial charge >= 0.3 is 0 Å². The number of hydrogen-bond acceptors (Lipinski definition) is 6. The van der Waals surface area contributed by atoms with Gasteiger partial charge in [-0.15, -0.1) is 0 Å². The van der Waals surface area contributed by atoms with Crippen molar-refractivity contribution < 1.29 is 25.7 Å². The van der Waals surface area contributed by atoms with Gasteiger partial charge in [0.2, 0.25) is 17.2 Å². The Bertz CT molecular complexity index is 830. The SMILES string of the molecule is ClOc1ccc2c(c1OCl)-c1c(c(OCl)c(OCl)c(OCl)c1OCl)C2. The second-order valence-corrected chi connectivity index (χ2v) is 5.66. The van der Waals surface area contributed by atoms with E-state index in [1.165, 1.54) is 0 Å². The average Bonchev–Trinajstić information content (AvgIpc) is 3.03. The summed E-state index contributed by atoms with van der Waals surface area (Å²) in [7, 11) is 0. The van der Waals surface area contributed by atoms with Crippen molar-refractivity contribution in [3.8, 4) is 45.6 Å². The molecule has 0 aliphatic heterocycles. The Morgan fingerprint density at radius 2 is 1.12 bits per heavy atom. The van der Waals surface area contributed by atoms with E-state index in [1.54, 1.807) is 12.1 Å². The molecule has 25 heavy (non-hydrogen) atoms. The van der Waals surface area contributed by atoms with E-state index in [2.05, 4.69) is 0 Å². The summed E-state index contributed by atoms with van der Waals surface area (Å²) >= 11 is 33.2. The Hall–Kier alpha value is -1.02. The third-order valence-electron chi connectivity index (χ3n) is 3.72. The molecule has 0 radical (unpaired) electrons. The first kappa shape index (κ1) is 18.8. The molecule has 2 aromatic rings. The number of hydrogen-bond donors (Lipinski definition) is 0. The van der Waals surface area contributed by atoms with Gasteiger partial charge in [-0.05, 0) is 11.6 Å². The molecule has 0 heterocycles. The molecule has 0 saturated heterocycles. The Balaban J connectivity index is 2.44. The summed E-state index contributed by atoms with van der Waals surface area (Å²) in [6.45, 7) is 0. The quantitative estimate of drug-likeness (QED) is 0.414. The number of halogens is 6. The van der Waals surface area contributed by atoms with Gasteiger partial charge in [0, 0.05) is 23.1 Å². The highest BCUT2D eigenvalue weighted by Gasteiger charge is 2.38. The third-order valence-corrected chi connectivity index (χ3v) is 4.65. The largest absolute Gasteiger partial charge is 0.382 e. The van der Waals surface area contributed by atoms with E-state index in [4.69, 9.17) is 96.9 Å². The van der Waals surface area contributed by atoms with Crippen LogP contribution in [0.25, 0.3) is 11.1 Å². The van der Waals surface area contributed by atoms with Crippen LogP contribution in [-0.2, 0) is 6.42 Å². The van der Waals surface area contributed by atoms with E-state index in [0.29, 0.717) is 23.1 Å². The summed E-state index contributed by atoms with van der Waals surface area (Å²) in [5.41, 5.74) is 2.10. The molecule has 1 aliphatic carbocycles. The molecule has 3 rings (SSSR count). The highest BCUT2D eigenvalue weighted by atomic mass is 35.5. The summed E-state index contributed by atoms with van der Waals surface area (Å²) < 4.78 is 28.9. The lowest BCUT2D eigenvalue weighted by Gasteiger charge is -2.16. The van der Waals surface area contributed by atoms with Crippen LogP contribution in [-0.4, -0.2) is 0 Å². The molecule has 134 valence electrons. The highest BCUT2D eigenvalue weighted by molar-refractivity contribution is 6.15. The van der Waals surface area contributed by atoms with E-state index < -0.39 is 0 Å². The van der Waals surface area contributed by atoms with E-state index >= 15 is 0 Å². The number of benzene rings is 2. The van der Waals surface area contributed by atoms with Gasteiger partial charge in [0.1, 0.15) is 71.2 Å². The molecule has 0 atom stereocenters. The summed E-state index contributed by atoms with van der Waals surface area (Å²) in [5.74, 6) is -0.0145. The minimum absolute atomic E-state index is 0.0276. The molecule has 0 amide bonds. The maximum Gasteiger partial charge on any atom is 0.239 e. The van der Waals surface area contributed by atoms with Gasteiger partial charge < -0.3 is 25.7 Å². The van der Waals surface area contributed by atoms with Crippen LogP contribution >= 0.6 is 71.2 Å². The summed E-state index contributed by atoms with van der Waals surface area (Å²) in [6.07, 6.45) is 0.325. The predicted octanol–water partition coefficient (Wildman–Crippen LogP) is 6.45. The lowest BCUT2D eigenvalue weighted by Crippen LogP contribution is -1.96. The Labute approximate surface area is 171 Å². The van der Waals surface area contributed by atoms with Gasteiger partial charge in [-0.2, -0.15) is 0 Å². The smallest absolute Gasteiger partial charge is 0.239 e. The van der Waals surface area contributed by atoms with Gasteiger partial charge in [-0.3, -0.25) is 0 Å². The molecular formula is C13H4Cl6O6. The van der Waals surface area contributed by atoms with Crippen LogP contribution in [0.1, 0.15) is 11.1 Å². The van der Waals surface area contributed by atoms with Crippen LogP contribution in [0.5, 0.6) is 34.5 Å². The van der Waals surface area contributed by atoms with Crippen LogP contribution in [0.15, 0.2) is 12.1 Å². The zero-order valence-corrected chi connectivity index (χ0v) is 16.1. The van der Waals surface area contributed by atoms with Crippen molar-refractivity contribution in [2.24, 2.45) is 0 Å². The normalized spacial score (nSPS) is 11.4. The minimum Gasteiger partial charge on any atom is -0.382 e. The lowest BCUT2D eigenvalue weighted by molar-refractivity contribution is 0.481. The molecule has 0 saturated carbocycles. The van der Waals surface area contributed by atoms with Gasteiger partial charge in [-0.25, -0.2) is 0 Å². The number of fused-ring (bicyclic) bond motifs is 3. The first-order valence-corrected chi connectivity index (χ1v) is 8.12. The number of rotatable bonds is 6. The molecule has 0 spiro atoms. The molecule has 6 nitrogen and oxygen atoms in total. The van der Waals surface area contributed by atoms with Gasteiger partial charge in [0.05, 0.1) is 0 Å². The minimum atomic E-state index is -0.174. The molecule has 1 aliphatic rings. The topological polar surface area (TPSA) is 55.4 Å². The van der Waals surface area contributed by atoms with Crippen molar-refractivity contribution in [1.82, 2.24) is 0 Å². The van der Waals surface area contributed by atoms with Crippen molar-refractivity contribution in [2.45, 2.75) is 6.42 Å². The van der Waals surface area contributed by atoms with E-state index in [9.17, 15) is 0 Å². The zero-order chi connectivity index (χ0) is 18.1. The first-order chi connectivity index (χ1) is 12.2.